The number of benzene rings is 3. The number of ether oxygens (including phenoxy) is 2. The normalized spacial score (nSPS) is 12.4. The Morgan fingerprint density at radius 2 is 1.83 bits per heavy atom. The summed E-state index contributed by atoms with van der Waals surface area (Å²) in [5, 5.41) is 3.82. The van der Waals surface area contributed by atoms with E-state index in [-0.39, 0.29) is 24.8 Å². The molecule has 0 aliphatic carbocycles. The minimum atomic E-state index is -0.204. The van der Waals surface area contributed by atoms with Gasteiger partial charge in [0, 0.05) is 11.9 Å². The van der Waals surface area contributed by atoms with Crippen LogP contribution in [0.1, 0.15) is 16.7 Å². The van der Waals surface area contributed by atoms with E-state index in [0.29, 0.717) is 35.6 Å². The predicted octanol–water partition coefficient (Wildman–Crippen LogP) is 3.75. The fraction of sp³-hybridized carbons (Fsp3) is 0.179. The van der Waals surface area contributed by atoms with Crippen LogP contribution in [-0.4, -0.2) is 26.8 Å². The molecule has 0 saturated heterocycles. The van der Waals surface area contributed by atoms with Gasteiger partial charge in [0.05, 0.1) is 18.4 Å². The van der Waals surface area contributed by atoms with E-state index in [1.165, 1.54) is 0 Å². The SMILES string of the molecule is Cc1ccc2c(c1)c1ncn(Cc3ccccc3)c(=O)c1n2CC(=O)NCc1ccc2c(c1)OCO2. The lowest BCUT2D eigenvalue weighted by Crippen LogP contribution is -2.29. The van der Waals surface area contributed by atoms with Crippen LogP contribution in [0.2, 0.25) is 0 Å². The molecule has 8 nitrogen and oxygen atoms in total. The number of amides is 1. The highest BCUT2D eigenvalue weighted by Crippen LogP contribution is 2.32. The van der Waals surface area contributed by atoms with Gasteiger partial charge in [-0.1, -0.05) is 48.0 Å². The molecule has 0 atom stereocenters. The third-order valence-electron chi connectivity index (χ3n) is 6.41. The van der Waals surface area contributed by atoms with Crippen LogP contribution < -0.4 is 20.3 Å². The Kier molecular flexibility index (Phi) is 5.41. The minimum Gasteiger partial charge on any atom is -0.454 e. The zero-order valence-electron chi connectivity index (χ0n) is 19.7. The average molecular weight is 481 g/mol. The molecule has 180 valence electrons. The number of fused-ring (bicyclic) bond motifs is 4. The fourth-order valence-corrected chi connectivity index (χ4v) is 4.62. The van der Waals surface area contributed by atoms with Crippen molar-refractivity contribution < 1.29 is 14.3 Å². The van der Waals surface area contributed by atoms with Gasteiger partial charge in [-0.15, -0.1) is 0 Å². The molecule has 0 fully saturated rings. The van der Waals surface area contributed by atoms with E-state index >= 15 is 0 Å². The van der Waals surface area contributed by atoms with Gasteiger partial charge in [-0.2, -0.15) is 0 Å². The number of aromatic nitrogens is 3. The van der Waals surface area contributed by atoms with E-state index < -0.39 is 0 Å². The first-order valence-corrected chi connectivity index (χ1v) is 11.7. The van der Waals surface area contributed by atoms with Crippen LogP contribution in [0.3, 0.4) is 0 Å². The van der Waals surface area contributed by atoms with Gasteiger partial charge in [-0.05, 0) is 42.3 Å². The molecule has 3 heterocycles. The highest BCUT2D eigenvalue weighted by Gasteiger charge is 2.19. The molecular formula is C28H24N4O4. The molecule has 8 heteroatoms. The molecule has 2 aromatic heterocycles. The van der Waals surface area contributed by atoms with Crippen molar-refractivity contribution in [3.8, 4) is 11.5 Å². The lowest BCUT2D eigenvalue weighted by Gasteiger charge is -2.10. The van der Waals surface area contributed by atoms with Crippen molar-refractivity contribution in [3.05, 3.63) is 100 Å². The first-order valence-electron chi connectivity index (χ1n) is 11.7. The van der Waals surface area contributed by atoms with Crippen molar-refractivity contribution in [2.45, 2.75) is 26.6 Å². The van der Waals surface area contributed by atoms with Crippen molar-refractivity contribution in [2.75, 3.05) is 6.79 Å². The Labute approximate surface area is 206 Å². The second-order valence-corrected chi connectivity index (χ2v) is 8.93. The maximum absolute atomic E-state index is 13.6. The van der Waals surface area contributed by atoms with E-state index in [2.05, 4.69) is 10.3 Å². The van der Waals surface area contributed by atoms with Crippen molar-refractivity contribution >= 4 is 27.8 Å². The zero-order valence-corrected chi connectivity index (χ0v) is 19.7. The summed E-state index contributed by atoms with van der Waals surface area (Å²) in [6.45, 7) is 2.94. The molecule has 36 heavy (non-hydrogen) atoms. The van der Waals surface area contributed by atoms with Gasteiger partial charge in [-0.25, -0.2) is 4.98 Å². The van der Waals surface area contributed by atoms with Gasteiger partial charge in [-0.3, -0.25) is 14.2 Å². The summed E-state index contributed by atoms with van der Waals surface area (Å²) in [5.41, 5.74) is 4.61. The molecule has 0 bridgehead atoms. The summed E-state index contributed by atoms with van der Waals surface area (Å²) in [6, 6.07) is 21.3. The zero-order chi connectivity index (χ0) is 24.6. The highest BCUT2D eigenvalue weighted by molar-refractivity contribution is 6.06. The summed E-state index contributed by atoms with van der Waals surface area (Å²) in [6.07, 6.45) is 1.59. The van der Waals surface area contributed by atoms with Gasteiger partial charge in [0.2, 0.25) is 12.7 Å². The van der Waals surface area contributed by atoms with Gasteiger partial charge in [0.15, 0.2) is 11.5 Å². The number of hydrogen-bond donors (Lipinski definition) is 1. The number of carbonyl (C=O) groups excluding carboxylic acids is 1. The van der Waals surface area contributed by atoms with Crippen LogP contribution >= 0.6 is 0 Å². The Hall–Kier alpha value is -4.59. The van der Waals surface area contributed by atoms with Crippen molar-refractivity contribution in [1.29, 1.82) is 0 Å². The van der Waals surface area contributed by atoms with Crippen molar-refractivity contribution in [2.24, 2.45) is 0 Å². The molecule has 3 aromatic carbocycles. The van der Waals surface area contributed by atoms with E-state index in [1.54, 1.807) is 15.5 Å². The second kappa shape index (κ2) is 8.88. The third kappa shape index (κ3) is 3.96. The Bertz CT molecular complexity index is 1670. The average Bonchev–Trinajstić information content (AvgIpc) is 3.47. The molecule has 0 unspecified atom stereocenters. The molecule has 1 aliphatic rings. The third-order valence-corrected chi connectivity index (χ3v) is 6.41. The van der Waals surface area contributed by atoms with E-state index in [0.717, 1.165) is 27.6 Å². The molecule has 0 radical (unpaired) electrons. The smallest absolute Gasteiger partial charge is 0.278 e. The molecule has 6 rings (SSSR count). The van der Waals surface area contributed by atoms with Crippen LogP contribution in [-0.2, 0) is 24.4 Å². The number of hydrogen-bond acceptors (Lipinski definition) is 5. The van der Waals surface area contributed by atoms with Gasteiger partial charge >= 0.3 is 0 Å². The molecule has 1 aliphatic heterocycles. The maximum atomic E-state index is 13.6. The summed E-state index contributed by atoms with van der Waals surface area (Å²) in [5.74, 6) is 1.17. The molecule has 5 aromatic rings. The number of aryl methyl sites for hydroxylation is 1. The molecule has 1 N–H and O–H groups in total. The second-order valence-electron chi connectivity index (χ2n) is 8.93. The largest absolute Gasteiger partial charge is 0.454 e. The molecule has 1 amide bonds. The number of carbonyl (C=O) groups is 1. The summed E-state index contributed by atoms with van der Waals surface area (Å²) in [7, 11) is 0. The Balaban J connectivity index is 1.34. The summed E-state index contributed by atoms with van der Waals surface area (Å²) >= 11 is 0. The van der Waals surface area contributed by atoms with Gasteiger partial charge in [0.1, 0.15) is 17.6 Å². The maximum Gasteiger partial charge on any atom is 0.278 e. The first-order chi connectivity index (χ1) is 17.6. The number of nitrogens with zero attached hydrogens (tertiary/aromatic N) is 3. The van der Waals surface area contributed by atoms with Crippen LogP contribution in [0.4, 0.5) is 0 Å². The monoisotopic (exact) mass is 480 g/mol. The fourth-order valence-electron chi connectivity index (χ4n) is 4.62. The number of nitrogens with one attached hydrogen (secondary N) is 1. The Morgan fingerprint density at radius 3 is 2.69 bits per heavy atom. The van der Waals surface area contributed by atoms with Crippen LogP contribution in [0, 0.1) is 6.92 Å². The van der Waals surface area contributed by atoms with Crippen LogP contribution in [0.15, 0.2) is 77.9 Å². The van der Waals surface area contributed by atoms with Crippen molar-refractivity contribution in [1.82, 2.24) is 19.4 Å². The van der Waals surface area contributed by atoms with E-state index in [1.807, 2.05) is 73.7 Å². The van der Waals surface area contributed by atoms with E-state index in [4.69, 9.17) is 9.47 Å². The summed E-state index contributed by atoms with van der Waals surface area (Å²) < 4.78 is 14.1. The lowest BCUT2D eigenvalue weighted by molar-refractivity contribution is -0.121. The van der Waals surface area contributed by atoms with Gasteiger partial charge in [0.25, 0.3) is 5.56 Å². The Morgan fingerprint density at radius 1 is 1.00 bits per heavy atom. The number of rotatable bonds is 6. The van der Waals surface area contributed by atoms with E-state index in [9.17, 15) is 9.59 Å². The van der Waals surface area contributed by atoms with Crippen molar-refractivity contribution in [3.63, 3.8) is 0 Å². The lowest BCUT2D eigenvalue weighted by atomic mass is 10.1. The molecular weight excluding hydrogens is 456 g/mol. The standard InChI is InChI=1S/C28H24N4O4/c1-18-7-9-22-21(11-18)26-27(28(34)31(16-30-26)14-19-5-3-2-4-6-19)32(22)15-25(33)29-13-20-8-10-23-24(12-20)36-17-35-23/h2-12,16H,13-15,17H2,1H3,(H,29,33). The van der Waals surface area contributed by atoms with Crippen LogP contribution in [0.25, 0.3) is 21.9 Å². The quantitative estimate of drug-likeness (QED) is 0.400. The predicted molar refractivity (Wildman–Crippen MR) is 136 cm³/mol. The van der Waals surface area contributed by atoms with Gasteiger partial charge < -0.3 is 19.4 Å². The first kappa shape index (κ1) is 21.9. The summed E-state index contributed by atoms with van der Waals surface area (Å²) in [4.78, 5) is 31.3. The van der Waals surface area contributed by atoms with Crippen LogP contribution in [0.5, 0.6) is 11.5 Å². The highest BCUT2D eigenvalue weighted by atomic mass is 16.7. The molecule has 0 saturated carbocycles. The molecule has 0 spiro atoms. The topological polar surface area (TPSA) is 87.4 Å². The minimum absolute atomic E-state index is 0.000116.